The van der Waals surface area contributed by atoms with Crippen LogP contribution in [0.2, 0.25) is 0 Å². The minimum atomic E-state index is -2.05. The molecule has 4 nitrogen and oxygen atoms in total. The van der Waals surface area contributed by atoms with Gasteiger partial charge in [0.2, 0.25) is 0 Å². The summed E-state index contributed by atoms with van der Waals surface area (Å²) in [7, 11) is 0. The van der Waals surface area contributed by atoms with E-state index in [4.69, 9.17) is 0 Å². The van der Waals surface area contributed by atoms with Crippen molar-refractivity contribution in [3.05, 3.63) is 12.2 Å². The second-order valence-corrected chi connectivity index (χ2v) is 22.6. The highest BCUT2D eigenvalue weighted by Gasteiger charge is 2.47. The Morgan fingerprint density at radius 2 is 0.493 bits per heavy atom. The standard InChI is InChI=1S/C65H128O4/c1-4-7-10-13-16-19-22-25-28-30-32-34-36-39-42-45-48-51-54-57-60-63(67)65(69,62(66)59-56-53-50-47-44-41-38-27-24-21-18-15-12-9-6-3)64(68)61-58-55-52-49-46-43-40-37-35-33-31-29-26-23-20-17-14-11-8-5-2/h27,38,63-64,67-69H,4-26,28-37,39-61H2,1-3H3/b38-27-. The van der Waals surface area contributed by atoms with E-state index in [1.165, 1.54) is 270 Å². The van der Waals surface area contributed by atoms with Gasteiger partial charge in [-0.2, -0.15) is 0 Å². The number of carbonyl (C=O) groups excluding carboxylic acids is 1. The SMILES string of the molecule is CCCCCCCC/C=C\CCCCCCCC(=O)C(O)(C(O)CCCCCCCCCCCCCCCCCCCCCC)C(O)CCCCCCCCCCCCCCCCCCCCCC. The zero-order valence-electron chi connectivity index (χ0n) is 47.7. The molecule has 0 rings (SSSR count). The van der Waals surface area contributed by atoms with Gasteiger partial charge in [0.1, 0.15) is 0 Å². The van der Waals surface area contributed by atoms with Crippen LogP contribution in [0.15, 0.2) is 12.2 Å². The Balaban J connectivity index is 4.42. The topological polar surface area (TPSA) is 77.8 Å². The molecule has 0 fully saturated rings. The van der Waals surface area contributed by atoms with Gasteiger partial charge in [0, 0.05) is 6.42 Å². The zero-order chi connectivity index (χ0) is 50.2. The highest BCUT2D eigenvalue weighted by atomic mass is 16.4. The number of hydrogen-bond donors (Lipinski definition) is 3. The molecule has 2 atom stereocenters. The van der Waals surface area contributed by atoms with Gasteiger partial charge in [-0.15, -0.1) is 0 Å². The minimum Gasteiger partial charge on any atom is -0.390 e. The lowest BCUT2D eigenvalue weighted by Gasteiger charge is -2.36. The first kappa shape index (κ1) is 68.3. The maximum Gasteiger partial charge on any atom is 0.174 e. The second kappa shape index (κ2) is 56.6. The number of aliphatic hydroxyl groups excluding tert-OH is 2. The van der Waals surface area contributed by atoms with E-state index in [0.29, 0.717) is 19.3 Å². The molecule has 0 aromatic heterocycles. The lowest BCUT2D eigenvalue weighted by atomic mass is 9.79. The summed E-state index contributed by atoms with van der Waals surface area (Å²) in [4.78, 5) is 13.7. The predicted octanol–water partition coefficient (Wildman–Crippen LogP) is 21.5. The largest absolute Gasteiger partial charge is 0.390 e. The molecule has 0 aliphatic heterocycles. The van der Waals surface area contributed by atoms with Crippen molar-refractivity contribution < 1.29 is 20.1 Å². The Kier molecular flexibility index (Phi) is 56.0. The molecule has 69 heavy (non-hydrogen) atoms. The van der Waals surface area contributed by atoms with Gasteiger partial charge in [-0.3, -0.25) is 4.79 Å². The van der Waals surface area contributed by atoms with E-state index in [2.05, 4.69) is 32.9 Å². The number of unbranched alkanes of at least 4 members (excludes halogenated alkanes) is 49. The predicted molar refractivity (Wildman–Crippen MR) is 307 cm³/mol. The van der Waals surface area contributed by atoms with E-state index in [9.17, 15) is 20.1 Å². The first-order valence-electron chi connectivity index (χ1n) is 32.2. The molecule has 0 aromatic rings. The van der Waals surface area contributed by atoms with E-state index in [1.807, 2.05) is 0 Å². The van der Waals surface area contributed by atoms with Crippen LogP contribution in [0, 0.1) is 0 Å². The summed E-state index contributed by atoms with van der Waals surface area (Å²) in [6.45, 7) is 6.86. The molecular formula is C65H128O4. The number of carbonyl (C=O) groups is 1. The van der Waals surface area contributed by atoms with Crippen molar-refractivity contribution in [1.82, 2.24) is 0 Å². The first-order chi connectivity index (χ1) is 33.9. The summed E-state index contributed by atoms with van der Waals surface area (Å²) in [5.74, 6) is -0.346. The average Bonchev–Trinajstić information content (AvgIpc) is 3.35. The molecule has 0 amide bonds. The van der Waals surface area contributed by atoms with Crippen LogP contribution in [0.1, 0.15) is 380 Å². The number of Topliss-reactive ketones (excluding diaryl/α,β-unsaturated/α-hetero) is 1. The van der Waals surface area contributed by atoms with Gasteiger partial charge in [-0.25, -0.2) is 0 Å². The first-order valence-corrected chi connectivity index (χ1v) is 32.2. The normalized spacial score (nSPS) is 13.7. The highest BCUT2D eigenvalue weighted by Crippen LogP contribution is 2.29. The van der Waals surface area contributed by atoms with Crippen molar-refractivity contribution in [3.63, 3.8) is 0 Å². The lowest BCUT2D eigenvalue weighted by Crippen LogP contribution is -2.58. The molecule has 0 saturated heterocycles. The number of allylic oxidation sites excluding steroid dienone is 2. The number of ketones is 1. The van der Waals surface area contributed by atoms with Crippen LogP contribution in [0.25, 0.3) is 0 Å². The van der Waals surface area contributed by atoms with Gasteiger partial charge in [-0.05, 0) is 44.9 Å². The molecule has 0 aromatic carbocycles. The van der Waals surface area contributed by atoms with Gasteiger partial charge in [-0.1, -0.05) is 341 Å². The quantitative estimate of drug-likeness (QED) is 0.0419. The van der Waals surface area contributed by atoms with Crippen LogP contribution in [0.5, 0.6) is 0 Å². The van der Waals surface area contributed by atoms with Crippen molar-refractivity contribution in [2.45, 2.75) is 398 Å². The molecule has 2 unspecified atom stereocenters. The summed E-state index contributed by atoms with van der Waals surface area (Å²) in [6, 6.07) is 0. The van der Waals surface area contributed by atoms with Crippen molar-refractivity contribution in [2.75, 3.05) is 0 Å². The van der Waals surface area contributed by atoms with Gasteiger partial charge in [0.05, 0.1) is 12.2 Å². The molecule has 4 heteroatoms. The molecule has 0 aliphatic carbocycles. The van der Waals surface area contributed by atoms with Crippen molar-refractivity contribution in [1.29, 1.82) is 0 Å². The monoisotopic (exact) mass is 973 g/mol. The Morgan fingerprint density at radius 1 is 0.304 bits per heavy atom. The van der Waals surface area contributed by atoms with Crippen LogP contribution < -0.4 is 0 Å². The maximum absolute atomic E-state index is 13.7. The summed E-state index contributed by atoms with van der Waals surface area (Å²) in [6.07, 6.45) is 71.7. The summed E-state index contributed by atoms with van der Waals surface area (Å²) < 4.78 is 0. The van der Waals surface area contributed by atoms with E-state index in [-0.39, 0.29) is 12.2 Å². The number of hydrogen-bond acceptors (Lipinski definition) is 4. The molecule has 412 valence electrons. The van der Waals surface area contributed by atoms with E-state index in [0.717, 1.165) is 64.2 Å². The third-order valence-corrected chi connectivity index (χ3v) is 15.8. The van der Waals surface area contributed by atoms with Crippen molar-refractivity contribution in [2.24, 2.45) is 0 Å². The molecule has 0 heterocycles. The molecule has 0 aliphatic rings. The van der Waals surface area contributed by atoms with E-state index >= 15 is 0 Å². The third-order valence-electron chi connectivity index (χ3n) is 15.8. The minimum absolute atomic E-state index is 0.237. The van der Waals surface area contributed by atoms with Crippen molar-refractivity contribution >= 4 is 5.78 Å². The van der Waals surface area contributed by atoms with Gasteiger partial charge >= 0.3 is 0 Å². The zero-order valence-corrected chi connectivity index (χ0v) is 47.7. The fourth-order valence-corrected chi connectivity index (χ4v) is 10.8. The highest BCUT2D eigenvalue weighted by molar-refractivity contribution is 5.88. The summed E-state index contributed by atoms with van der Waals surface area (Å²) in [5, 5.41) is 34.7. The molecular weight excluding hydrogens is 845 g/mol. The van der Waals surface area contributed by atoms with E-state index < -0.39 is 17.8 Å². The summed E-state index contributed by atoms with van der Waals surface area (Å²) >= 11 is 0. The van der Waals surface area contributed by atoms with Gasteiger partial charge < -0.3 is 15.3 Å². The number of aliphatic hydroxyl groups is 3. The number of rotatable bonds is 60. The average molecular weight is 974 g/mol. The Labute approximate surface area is 434 Å². The molecule has 3 N–H and O–H groups in total. The molecule has 0 spiro atoms. The smallest absolute Gasteiger partial charge is 0.174 e. The lowest BCUT2D eigenvalue weighted by molar-refractivity contribution is -0.174. The summed E-state index contributed by atoms with van der Waals surface area (Å²) in [5.41, 5.74) is -2.05. The van der Waals surface area contributed by atoms with Crippen LogP contribution >= 0.6 is 0 Å². The molecule has 0 radical (unpaired) electrons. The Hall–Kier alpha value is -0.710. The van der Waals surface area contributed by atoms with Crippen LogP contribution in [0.4, 0.5) is 0 Å². The fraction of sp³-hybridized carbons (Fsp3) is 0.954. The Morgan fingerprint density at radius 3 is 0.725 bits per heavy atom. The van der Waals surface area contributed by atoms with Crippen molar-refractivity contribution in [3.8, 4) is 0 Å². The molecule has 0 saturated carbocycles. The maximum atomic E-state index is 13.7. The third kappa shape index (κ3) is 46.8. The van der Waals surface area contributed by atoms with Crippen LogP contribution in [-0.4, -0.2) is 38.9 Å². The van der Waals surface area contributed by atoms with Crippen LogP contribution in [-0.2, 0) is 4.79 Å². The van der Waals surface area contributed by atoms with Crippen LogP contribution in [0.3, 0.4) is 0 Å². The van der Waals surface area contributed by atoms with Gasteiger partial charge in [0.25, 0.3) is 0 Å². The second-order valence-electron chi connectivity index (χ2n) is 22.6. The molecule has 0 bridgehead atoms. The van der Waals surface area contributed by atoms with E-state index in [1.54, 1.807) is 0 Å². The van der Waals surface area contributed by atoms with Gasteiger partial charge in [0.15, 0.2) is 11.4 Å². The fourth-order valence-electron chi connectivity index (χ4n) is 10.8. The Bertz CT molecular complexity index is 958.